The molecule has 0 N–H and O–H groups in total. The van der Waals surface area contributed by atoms with Gasteiger partial charge in [-0.2, -0.15) is 0 Å². The molecule has 3 aliphatic rings. The fourth-order valence-electron chi connectivity index (χ4n) is 4.71. The Bertz CT molecular complexity index is 343. The second-order valence-electron chi connectivity index (χ2n) is 6.91. The van der Waals surface area contributed by atoms with E-state index in [0.29, 0.717) is 5.54 Å². The molecule has 3 rings (SSSR count). The molecule has 0 spiro atoms. The highest BCUT2D eigenvalue weighted by molar-refractivity contribution is 5.30. The molecule has 3 atom stereocenters. The number of nitrogens with zero attached hydrogens (tertiary/aromatic N) is 1. The van der Waals surface area contributed by atoms with Gasteiger partial charge < -0.3 is 4.48 Å². The predicted molar refractivity (Wildman–Crippen MR) is 68.2 cm³/mol. The number of hydrogen-bond acceptors (Lipinski definition) is 0. The monoisotopic (exact) mass is 220 g/mol. The van der Waals surface area contributed by atoms with Gasteiger partial charge in [0.15, 0.2) is 0 Å². The van der Waals surface area contributed by atoms with Crippen molar-refractivity contribution in [2.24, 2.45) is 5.92 Å². The number of fused-ring (bicyclic) bond motifs is 2. The molecule has 1 fully saturated rings. The van der Waals surface area contributed by atoms with Crippen molar-refractivity contribution < 1.29 is 4.48 Å². The van der Waals surface area contributed by atoms with Crippen LogP contribution in [0, 0.1) is 5.92 Å². The zero-order chi connectivity index (χ0) is 11.4. The average Bonchev–Trinajstić information content (AvgIpc) is 2.70. The minimum atomic E-state index is 0.511. The van der Waals surface area contributed by atoms with E-state index in [2.05, 4.69) is 20.9 Å². The Labute approximate surface area is 100 Å². The fraction of sp³-hybridized carbons (Fsp3) is 0.867. The normalized spacial score (nSPS) is 47.8. The van der Waals surface area contributed by atoms with Crippen LogP contribution >= 0.6 is 0 Å². The van der Waals surface area contributed by atoms with Gasteiger partial charge in [-0.3, -0.25) is 0 Å². The molecule has 0 aromatic heterocycles. The van der Waals surface area contributed by atoms with E-state index in [1.54, 1.807) is 0 Å². The third-order valence-electron chi connectivity index (χ3n) is 5.92. The van der Waals surface area contributed by atoms with Crippen molar-refractivity contribution >= 4 is 0 Å². The smallest absolute Gasteiger partial charge is 0.118 e. The van der Waals surface area contributed by atoms with Gasteiger partial charge in [-0.25, -0.2) is 0 Å². The Hall–Kier alpha value is -0.300. The van der Waals surface area contributed by atoms with Gasteiger partial charge >= 0.3 is 0 Å². The summed E-state index contributed by atoms with van der Waals surface area (Å²) in [5.41, 5.74) is 4.25. The maximum atomic E-state index is 2.57. The van der Waals surface area contributed by atoms with Crippen LogP contribution in [0.25, 0.3) is 0 Å². The lowest BCUT2D eigenvalue weighted by Crippen LogP contribution is -2.67. The first-order valence-electron chi connectivity index (χ1n) is 7.11. The summed E-state index contributed by atoms with van der Waals surface area (Å²) >= 11 is 0. The zero-order valence-corrected chi connectivity index (χ0v) is 11.2. The molecule has 90 valence electrons. The Kier molecular flexibility index (Phi) is 2.27. The summed E-state index contributed by atoms with van der Waals surface area (Å²) in [6, 6.07) is 0. The molecule has 0 amide bonds. The van der Waals surface area contributed by atoms with E-state index in [9.17, 15) is 0 Å². The largest absolute Gasteiger partial charge is 0.317 e. The van der Waals surface area contributed by atoms with E-state index in [1.165, 1.54) is 56.1 Å². The molecule has 0 aromatic carbocycles. The van der Waals surface area contributed by atoms with Gasteiger partial charge in [-0.05, 0) is 38.2 Å². The number of rotatable bonds is 0. The summed E-state index contributed by atoms with van der Waals surface area (Å²) in [5.74, 6) is 0.932. The van der Waals surface area contributed by atoms with E-state index < -0.39 is 0 Å². The fourth-order valence-corrected chi connectivity index (χ4v) is 4.71. The lowest BCUT2D eigenvalue weighted by Gasteiger charge is -2.57. The second kappa shape index (κ2) is 3.35. The first-order valence-corrected chi connectivity index (χ1v) is 7.11. The number of quaternary nitrogens is 1. The zero-order valence-electron chi connectivity index (χ0n) is 11.2. The summed E-state index contributed by atoms with van der Waals surface area (Å²) in [7, 11) is 2.53. The van der Waals surface area contributed by atoms with Gasteiger partial charge in [0.05, 0.1) is 20.1 Å². The molecule has 0 aromatic rings. The second-order valence-corrected chi connectivity index (χ2v) is 6.91. The first kappa shape index (κ1) is 10.8. The van der Waals surface area contributed by atoms with E-state index in [0.717, 1.165) is 5.92 Å². The van der Waals surface area contributed by atoms with Crippen molar-refractivity contribution in [1.82, 2.24) is 0 Å². The topological polar surface area (TPSA) is 0 Å². The number of hydrogen-bond donors (Lipinski definition) is 0. The molecule has 0 radical (unpaired) electrons. The molecule has 2 heterocycles. The molecule has 1 saturated heterocycles. The summed E-state index contributed by atoms with van der Waals surface area (Å²) in [6.07, 6.45) is 8.54. The summed E-state index contributed by atoms with van der Waals surface area (Å²) in [4.78, 5) is 0. The molecule has 1 heteroatoms. The highest BCUT2D eigenvalue weighted by Crippen LogP contribution is 2.50. The lowest BCUT2D eigenvalue weighted by molar-refractivity contribution is -0.961. The van der Waals surface area contributed by atoms with Crippen molar-refractivity contribution in [1.29, 1.82) is 0 Å². The summed E-state index contributed by atoms with van der Waals surface area (Å²) in [6.45, 7) is 7.83. The van der Waals surface area contributed by atoms with Crippen molar-refractivity contribution in [3.05, 3.63) is 11.1 Å². The van der Waals surface area contributed by atoms with Crippen LogP contribution in [0.5, 0.6) is 0 Å². The SMILES string of the molecule is C[C@@H]1CC[C@]2(C)C3=C(CCC3)CC[N@@+]2(C)C1. The van der Waals surface area contributed by atoms with Crippen LogP contribution in [0.2, 0.25) is 0 Å². The predicted octanol–water partition coefficient (Wildman–Crippen LogP) is 3.51. The van der Waals surface area contributed by atoms with Gasteiger partial charge in [0.2, 0.25) is 0 Å². The quantitative estimate of drug-likeness (QED) is 0.433. The molecule has 0 saturated carbocycles. The van der Waals surface area contributed by atoms with Gasteiger partial charge in [0, 0.05) is 18.8 Å². The van der Waals surface area contributed by atoms with E-state index in [-0.39, 0.29) is 0 Å². The molecule has 1 aliphatic carbocycles. The Morgan fingerprint density at radius 3 is 2.88 bits per heavy atom. The lowest BCUT2D eigenvalue weighted by atomic mass is 9.72. The van der Waals surface area contributed by atoms with Crippen LogP contribution in [0.1, 0.15) is 52.4 Å². The van der Waals surface area contributed by atoms with E-state index >= 15 is 0 Å². The molecule has 0 unspecified atom stereocenters. The number of piperidine rings is 1. The maximum Gasteiger partial charge on any atom is 0.118 e. The minimum Gasteiger partial charge on any atom is -0.317 e. The third kappa shape index (κ3) is 1.27. The van der Waals surface area contributed by atoms with Crippen molar-refractivity contribution in [2.45, 2.75) is 57.9 Å². The Balaban J connectivity index is 2.02. The molecular weight excluding hydrogens is 194 g/mol. The number of likely N-dealkylation sites (N-methyl/N-ethyl adjacent to an activating group) is 1. The van der Waals surface area contributed by atoms with Crippen LogP contribution in [0.15, 0.2) is 11.1 Å². The minimum absolute atomic E-state index is 0.511. The molecule has 2 aliphatic heterocycles. The first-order chi connectivity index (χ1) is 7.55. The molecule has 0 bridgehead atoms. The van der Waals surface area contributed by atoms with Crippen LogP contribution in [-0.4, -0.2) is 30.2 Å². The van der Waals surface area contributed by atoms with Crippen molar-refractivity contribution in [3.63, 3.8) is 0 Å². The van der Waals surface area contributed by atoms with Crippen LogP contribution in [0.3, 0.4) is 0 Å². The maximum absolute atomic E-state index is 2.57. The van der Waals surface area contributed by atoms with Crippen LogP contribution in [-0.2, 0) is 0 Å². The van der Waals surface area contributed by atoms with Gasteiger partial charge in [0.25, 0.3) is 0 Å². The van der Waals surface area contributed by atoms with E-state index in [1.807, 2.05) is 11.1 Å². The van der Waals surface area contributed by atoms with Crippen LogP contribution in [0.4, 0.5) is 0 Å². The van der Waals surface area contributed by atoms with Gasteiger partial charge in [-0.1, -0.05) is 12.5 Å². The average molecular weight is 220 g/mol. The highest BCUT2D eigenvalue weighted by Gasteiger charge is 2.53. The van der Waals surface area contributed by atoms with Gasteiger partial charge in [0.1, 0.15) is 5.54 Å². The van der Waals surface area contributed by atoms with Crippen LogP contribution < -0.4 is 0 Å². The Morgan fingerprint density at radius 2 is 2.06 bits per heavy atom. The summed E-state index contributed by atoms with van der Waals surface area (Å²) < 4.78 is 1.34. The van der Waals surface area contributed by atoms with E-state index in [4.69, 9.17) is 0 Å². The molecule has 1 nitrogen and oxygen atoms in total. The van der Waals surface area contributed by atoms with Gasteiger partial charge in [-0.15, -0.1) is 0 Å². The molecule has 16 heavy (non-hydrogen) atoms. The standard InChI is InChI=1S/C15H26N/c1-12-7-9-15(2)14-6-4-5-13(14)8-10-16(15,3)11-12/h12H,4-11H2,1-3H3/q+1/t12-,15-,16+/m1/s1. The third-order valence-corrected chi connectivity index (χ3v) is 5.92. The van der Waals surface area contributed by atoms with Crippen molar-refractivity contribution in [3.8, 4) is 0 Å². The van der Waals surface area contributed by atoms with Crippen molar-refractivity contribution in [2.75, 3.05) is 20.1 Å². The summed E-state index contributed by atoms with van der Waals surface area (Å²) in [5, 5.41) is 0. The highest BCUT2D eigenvalue weighted by atomic mass is 15.4. The Morgan fingerprint density at radius 1 is 1.25 bits per heavy atom. The molecular formula is C15H26N+.